The topological polar surface area (TPSA) is 155 Å². The largest absolute Gasteiger partial charge is 0.458 e. The van der Waals surface area contributed by atoms with Crippen LogP contribution >= 0.6 is 0 Å². The first-order valence-corrected chi connectivity index (χ1v) is 15.4. The number of ketones is 1. The highest BCUT2D eigenvalue weighted by atomic mass is 16.7. The number of ether oxygens (including phenoxy) is 5. The van der Waals surface area contributed by atoms with Crippen LogP contribution in [0.5, 0.6) is 0 Å². The molecule has 0 aromatic carbocycles. The number of hydrogen-bond donors (Lipinski definition) is 2. The SMILES string of the molecule is CC(=O)O[C@H]([C@@H]1CC(C)C(=O)O1)[C@@H](C)C1[C@@H]2[C@@]3(O)O[C@@]4(CC[C@]12C)C(O)[C@]12OC(=O)C[C@H]1OC(C)(C)[C@@H]2CC[C@H]4C3=O. The van der Waals surface area contributed by atoms with Crippen molar-refractivity contribution in [3.05, 3.63) is 0 Å². The summed E-state index contributed by atoms with van der Waals surface area (Å²) in [6, 6.07) is 0. The van der Waals surface area contributed by atoms with E-state index in [1.54, 1.807) is 6.92 Å². The molecule has 7 fully saturated rings. The van der Waals surface area contributed by atoms with Crippen LogP contribution in [0.2, 0.25) is 0 Å². The van der Waals surface area contributed by atoms with Crippen molar-refractivity contribution in [2.45, 2.75) is 127 Å². The lowest BCUT2D eigenvalue weighted by molar-refractivity contribution is -0.276. The van der Waals surface area contributed by atoms with E-state index in [1.807, 2.05) is 27.7 Å². The van der Waals surface area contributed by atoms with E-state index in [0.717, 1.165) is 0 Å². The van der Waals surface area contributed by atoms with Crippen molar-refractivity contribution in [1.82, 2.24) is 0 Å². The fourth-order valence-electron chi connectivity index (χ4n) is 10.7. The van der Waals surface area contributed by atoms with Gasteiger partial charge in [-0.05, 0) is 50.9 Å². The Labute approximate surface area is 244 Å². The predicted octanol–water partition coefficient (Wildman–Crippen LogP) is 1.83. The van der Waals surface area contributed by atoms with Crippen LogP contribution in [0.3, 0.4) is 0 Å². The average Bonchev–Trinajstić information content (AvgIpc) is 2.99. The maximum Gasteiger partial charge on any atom is 0.309 e. The molecule has 2 spiro atoms. The highest BCUT2D eigenvalue weighted by Gasteiger charge is 2.85. The number of fused-ring (bicyclic) bond motifs is 3. The van der Waals surface area contributed by atoms with Crippen molar-refractivity contribution in [1.29, 1.82) is 0 Å². The molecule has 42 heavy (non-hydrogen) atoms. The Morgan fingerprint density at radius 1 is 1.12 bits per heavy atom. The fourth-order valence-corrected chi connectivity index (χ4v) is 10.7. The van der Waals surface area contributed by atoms with E-state index in [9.17, 15) is 29.4 Å². The Morgan fingerprint density at radius 2 is 1.83 bits per heavy atom. The maximum absolute atomic E-state index is 14.3. The summed E-state index contributed by atoms with van der Waals surface area (Å²) >= 11 is 0. The highest BCUT2D eigenvalue weighted by Crippen LogP contribution is 2.76. The Hall–Kier alpha value is -2.08. The normalized spacial score (nSPS) is 53.0. The molecule has 2 saturated carbocycles. The number of aliphatic hydroxyl groups excluding tert-OH is 1. The minimum absolute atomic E-state index is 0.0117. The van der Waals surface area contributed by atoms with E-state index in [-0.39, 0.29) is 42.5 Å². The molecule has 0 amide bonds. The molecule has 11 heteroatoms. The van der Waals surface area contributed by atoms with Crippen LogP contribution in [-0.4, -0.2) is 80.9 Å². The number of rotatable bonds is 4. The van der Waals surface area contributed by atoms with Crippen molar-refractivity contribution in [2.24, 2.45) is 40.9 Å². The molecule has 5 saturated heterocycles. The second-order valence-electron chi connectivity index (χ2n) is 15.0. The van der Waals surface area contributed by atoms with Gasteiger partial charge in [0.2, 0.25) is 5.79 Å². The smallest absolute Gasteiger partial charge is 0.309 e. The lowest BCUT2D eigenvalue weighted by atomic mass is 9.67. The Bertz CT molecular complexity index is 1260. The third-order valence-electron chi connectivity index (χ3n) is 12.4. The van der Waals surface area contributed by atoms with E-state index in [0.29, 0.717) is 25.7 Å². The van der Waals surface area contributed by atoms with Gasteiger partial charge in [-0.15, -0.1) is 0 Å². The molecule has 2 bridgehead atoms. The molecule has 5 heterocycles. The van der Waals surface area contributed by atoms with Crippen LogP contribution in [0.25, 0.3) is 0 Å². The van der Waals surface area contributed by atoms with Gasteiger partial charge in [-0.2, -0.15) is 0 Å². The summed E-state index contributed by atoms with van der Waals surface area (Å²) in [6.07, 6.45) is -1.37. The van der Waals surface area contributed by atoms with Gasteiger partial charge in [-0.3, -0.25) is 19.2 Å². The van der Waals surface area contributed by atoms with Crippen molar-refractivity contribution in [3.8, 4) is 0 Å². The number of Topliss-reactive ketones (excluding diaryl/α,β-unsaturated/α-hetero) is 1. The van der Waals surface area contributed by atoms with Crippen LogP contribution < -0.4 is 0 Å². The minimum atomic E-state index is -2.17. The Morgan fingerprint density at radius 3 is 2.48 bits per heavy atom. The number of carbonyl (C=O) groups excluding carboxylic acids is 4. The van der Waals surface area contributed by atoms with Gasteiger partial charge in [0, 0.05) is 31.1 Å². The molecule has 0 radical (unpaired) electrons. The van der Waals surface area contributed by atoms with Gasteiger partial charge in [0.25, 0.3) is 0 Å². The lowest BCUT2D eigenvalue weighted by Gasteiger charge is -2.45. The van der Waals surface area contributed by atoms with Crippen molar-refractivity contribution < 1.29 is 53.1 Å². The van der Waals surface area contributed by atoms with Gasteiger partial charge < -0.3 is 33.9 Å². The van der Waals surface area contributed by atoms with Gasteiger partial charge in [-0.1, -0.05) is 20.8 Å². The average molecular weight is 591 g/mol. The summed E-state index contributed by atoms with van der Waals surface area (Å²) in [5.74, 6) is -6.62. The zero-order valence-electron chi connectivity index (χ0n) is 25.1. The molecule has 11 nitrogen and oxygen atoms in total. The molecular formula is C31H42O11. The van der Waals surface area contributed by atoms with E-state index < -0.39 is 82.0 Å². The quantitative estimate of drug-likeness (QED) is 0.364. The Balaban J connectivity index is 1.24. The minimum Gasteiger partial charge on any atom is -0.458 e. The molecular weight excluding hydrogens is 548 g/mol. The number of cyclic esters (lactones) is 1. The molecule has 0 aromatic rings. The monoisotopic (exact) mass is 590 g/mol. The zero-order valence-corrected chi connectivity index (χ0v) is 25.1. The molecule has 7 aliphatic rings. The maximum atomic E-state index is 14.3. The first kappa shape index (κ1) is 28.7. The summed E-state index contributed by atoms with van der Waals surface area (Å²) in [5, 5.41) is 24.5. The van der Waals surface area contributed by atoms with Crippen LogP contribution in [-0.2, 0) is 42.9 Å². The van der Waals surface area contributed by atoms with Crippen molar-refractivity contribution in [2.75, 3.05) is 0 Å². The van der Waals surface area contributed by atoms with Gasteiger partial charge >= 0.3 is 17.9 Å². The first-order valence-electron chi connectivity index (χ1n) is 15.4. The second kappa shape index (κ2) is 8.55. The molecule has 0 aromatic heterocycles. The van der Waals surface area contributed by atoms with Gasteiger partial charge in [-0.25, -0.2) is 0 Å². The third kappa shape index (κ3) is 3.37. The molecule has 5 aliphatic heterocycles. The fraction of sp³-hybridized carbons (Fsp3) is 0.871. The number of carbonyl (C=O) groups is 4. The first-order chi connectivity index (χ1) is 19.5. The van der Waals surface area contributed by atoms with E-state index in [4.69, 9.17) is 23.7 Å². The number of esters is 3. The van der Waals surface area contributed by atoms with Crippen molar-refractivity contribution in [3.63, 3.8) is 0 Å². The highest BCUT2D eigenvalue weighted by molar-refractivity contribution is 5.92. The molecule has 3 unspecified atom stereocenters. The van der Waals surface area contributed by atoms with Crippen molar-refractivity contribution >= 4 is 23.7 Å². The van der Waals surface area contributed by atoms with Crippen LogP contribution in [0.4, 0.5) is 0 Å². The van der Waals surface area contributed by atoms with Crippen LogP contribution in [0.1, 0.15) is 80.1 Å². The lowest BCUT2D eigenvalue weighted by Crippen LogP contribution is -2.63. The summed E-state index contributed by atoms with van der Waals surface area (Å²) in [5.41, 5.74) is -4.08. The summed E-state index contributed by atoms with van der Waals surface area (Å²) in [4.78, 5) is 51.3. The molecule has 7 rings (SSSR count). The number of hydrogen-bond acceptors (Lipinski definition) is 11. The summed E-state index contributed by atoms with van der Waals surface area (Å²) < 4.78 is 30.2. The van der Waals surface area contributed by atoms with Crippen LogP contribution in [0.15, 0.2) is 0 Å². The zero-order chi connectivity index (χ0) is 30.4. The summed E-state index contributed by atoms with van der Waals surface area (Å²) in [6.45, 7) is 10.8. The second-order valence-corrected chi connectivity index (χ2v) is 15.0. The van der Waals surface area contributed by atoms with Gasteiger partial charge in [0.15, 0.2) is 11.4 Å². The standard InChI is InChI=1S/C31H42O11/c1-13-11-17(39-25(13)35)22(38-15(3)32)14(2)21-23-28(21,6)9-10-29-16(24(34)31(23,37)42-29)7-8-18-27(4,5)40-19-12-20(33)41-30(18,19)26(29)36/h13-14,16-19,21-23,26,36-37H,7-12H2,1-6H3/t13?,14-,16-,17-,18-,19+,21?,22-,23-,26?,28+,29+,30+,31+/m0/s1. The molecule has 2 N–H and O–H groups in total. The third-order valence-corrected chi connectivity index (χ3v) is 12.4. The van der Waals surface area contributed by atoms with E-state index in [2.05, 4.69) is 0 Å². The van der Waals surface area contributed by atoms with E-state index in [1.165, 1.54) is 6.92 Å². The molecule has 232 valence electrons. The number of aliphatic hydroxyl groups is 2. The Kier molecular flexibility index (Phi) is 5.84. The van der Waals surface area contributed by atoms with Gasteiger partial charge in [0.1, 0.15) is 30.0 Å². The van der Waals surface area contributed by atoms with E-state index >= 15 is 0 Å². The van der Waals surface area contributed by atoms with Crippen LogP contribution in [0, 0.1) is 40.9 Å². The summed E-state index contributed by atoms with van der Waals surface area (Å²) in [7, 11) is 0. The predicted molar refractivity (Wildman–Crippen MR) is 141 cm³/mol. The molecule has 14 atom stereocenters. The molecule has 2 aliphatic carbocycles. The van der Waals surface area contributed by atoms with Gasteiger partial charge in [0.05, 0.1) is 23.9 Å².